The Kier molecular flexibility index (Phi) is 3.26. The van der Waals surface area contributed by atoms with Gasteiger partial charge in [-0.3, -0.25) is 13.6 Å². The number of aromatic nitrogens is 4. The summed E-state index contributed by atoms with van der Waals surface area (Å²) < 4.78 is 29.1. The van der Waals surface area contributed by atoms with E-state index in [-0.39, 0.29) is 12.4 Å². The van der Waals surface area contributed by atoms with Crippen LogP contribution in [0.25, 0.3) is 11.2 Å². The van der Waals surface area contributed by atoms with Gasteiger partial charge in [0.2, 0.25) is 4.73 Å². The molecule has 10 nitrogen and oxygen atoms in total. The molecule has 4 atom stereocenters. The van der Waals surface area contributed by atoms with Crippen molar-refractivity contribution in [2.45, 2.75) is 24.9 Å². The van der Waals surface area contributed by atoms with Gasteiger partial charge in [0.15, 0.2) is 11.5 Å². The third kappa shape index (κ3) is 2.34. The van der Waals surface area contributed by atoms with E-state index in [0.717, 1.165) is 0 Å². The van der Waals surface area contributed by atoms with Crippen LogP contribution in [-0.2, 0) is 18.3 Å². The number of anilines is 1. The van der Waals surface area contributed by atoms with E-state index in [4.69, 9.17) is 19.5 Å². The molecule has 0 aromatic carbocycles. The zero-order valence-electron chi connectivity index (χ0n) is 11.0. The van der Waals surface area contributed by atoms with Crippen LogP contribution in [0.3, 0.4) is 0 Å². The van der Waals surface area contributed by atoms with Crippen molar-refractivity contribution in [2.75, 3.05) is 12.3 Å². The number of phosphoric ester groups is 1. The van der Waals surface area contributed by atoms with Crippen LogP contribution in [0.1, 0.15) is 12.6 Å². The van der Waals surface area contributed by atoms with Gasteiger partial charge in [-0.2, -0.15) is 0 Å². The number of nitrogens with two attached hydrogens (primary N) is 1. The molecule has 2 aromatic heterocycles. The fourth-order valence-electron chi connectivity index (χ4n) is 2.62. The lowest BCUT2D eigenvalue weighted by atomic mass is 10.2. The fraction of sp³-hybridized carbons (Fsp3) is 0.500. The van der Waals surface area contributed by atoms with E-state index >= 15 is 0 Å². The molecule has 2 fully saturated rings. The zero-order valence-corrected chi connectivity index (χ0v) is 13.5. The highest BCUT2D eigenvalue weighted by atomic mass is 79.9. The van der Waals surface area contributed by atoms with Gasteiger partial charge >= 0.3 is 7.82 Å². The number of fused-ring (bicyclic) bond motifs is 2. The van der Waals surface area contributed by atoms with Crippen LogP contribution in [0.2, 0.25) is 0 Å². The third-order valence-electron chi connectivity index (χ3n) is 3.58. The molecule has 0 bridgehead atoms. The number of imidazole rings is 1. The van der Waals surface area contributed by atoms with Gasteiger partial charge in [0.05, 0.1) is 12.9 Å². The number of halogens is 1. The fourth-order valence-corrected chi connectivity index (χ4v) is 3.94. The lowest BCUT2D eigenvalue weighted by Gasteiger charge is -2.26. The number of hydrogen-bond donors (Lipinski definition) is 2. The number of nitrogen functional groups attached to an aromatic ring is 1. The van der Waals surface area contributed by atoms with E-state index in [2.05, 4.69) is 30.9 Å². The van der Waals surface area contributed by atoms with Crippen LogP contribution in [0.15, 0.2) is 11.1 Å². The molecule has 12 heteroatoms. The molecule has 4 heterocycles. The Labute approximate surface area is 132 Å². The largest absolute Gasteiger partial charge is 0.472 e. The number of nitrogens with zero attached hydrogens (tertiary/aromatic N) is 4. The van der Waals surface area contributed by atoms with Crippen LogP contribution < -0.4 is 5.73 Å². The summed E-state index contributed by atoms with van der Waals surface area (Å²) >= 11 is 3.19. The average molecular weight is 392 g/mol. The molecule has 0 amide bonds. The molecule has 2 aliphatic rings. The molecule has 4 unspecified atom stereocenters. The maximum Gasteiger partial charge on any atom is 0.472 e. The van der Waals surface area contributed by atoms with Crippen LogP contribution in [-0.4, -0.2) is 43.2 Å². The molecular formula is C10H11BrN5O5P. The summed E-state index contributed by atoms with van der Waals surface area (Å²) in [4.78, 5) is 21.8. The van der Waals surface area contributed by atoms with Crippen molar-refractivity contribution in [3.8, 4) is 0 Å². The topological polar surface area (TPSA) is 135 Å². The first-order valence-corrected chi connectivity index (χ1v) is 8.68. The van der Waals surface area contributed by atoms with Crippen LogP contribution >= 0.6 is 23.8 Å². The number of rotatable bonds is 1. The van der Waals surface area contributed by atoms with Crippen molar-refractivity contribution < 1.29 is 23.2 Å². The Bertz CT molecular complexity index is 799. The zero-order chi connectivity index (χ0) is 15.5. The average Bonchev–Trinajstić information content (AvgIpc) is 3.00. The highest BCUT2D eigenvalue weighted by molar-refractivity contribution is 9.10. The Morgan fingerprint density at radius 2 is 2.27 bits per heavy atom. The van der Waals surface area contributed by atoms with Crippen molar-refractivity contribution in [1.82, 2.24) is 19.5 Å². The van der Waals surface area contributed by atoms with Crippen LogP contribution in [0.4, 0.5) is 5.82 Å². The second kappa shape index (κ2) is 4.95. The molecule has 0 aliphatic carbocycles. The summed E-state index contributed by atoms with van der Waals surface area (Å²) in [6.07, 6.45) is 0.548. The Balaban J connectivity index is 1.68. The second-order valence-corrected chi connectivity index (χ2v) is 7.09. The Hall–Kier alpha value is -1.10. The minimum Gasteiger partial charge on any atom is -0.382 e. The number of phosphoric acid groups is 1. The normalized spacial score (nSPS) is 34.9. The van der Waals surface area contributed by atoms with Gasteiger partial charge in [-0.1, -0.05) is 0 Å². The summed E-state index contributed by atoms with van der Waals surface area (Å²) in [7, 11) is -3.98. The van der Waals surface area contributed by atoms with Crippen molar-refractivity contribution >= 4 is 40.7 Å². The molecule has 22 heavy (non-hydrogen) atoms. The first kappa shape index (κ1) is 14.5. The third-order valence-corrected chi connectivity index (χ3v) is 4.95. The molecule has 2 aromatic rings. The second-order valence-electron chi connectivity index (χ2n) is 4.98. The summed E-state index contributed by atoms with van der Waals surface area (Å²) in [6, 6.07) is 0. The number of hydrogen-bond acceptors (Lipinski definition) is 8. The van der Waals surface area contributed by atoms with Crippen molar-refractivity contribution in [3.05, 3.63) is 11.1 Å². The van der Waals surface area contributed by atoms with Gasteiger partial charge in [-0.05, 0) is 15.9 Å². The predicted molar refractivity (Wildman–Crippen MR) is 76.6 cm³/mol. The van der Waals surface area contributed by atoms with Crippen molar-refractivity contribution in [3.63, 3.8) is 0 Å². The van der Waals surface area contributed by atoms with Gasteiger partial charge in [-0.15, -0.1) is 0 Å². The lowest BCUT2D eigenvalue weighted by Crippen LogP contribution is -2.32. The molecule has 2 saturated heterocycles. The molecular weight excluding hydrogens is 381 g/mol. The SMILES string of the molecule is Nc1nc(Br)nc2c1ncn2C1CC2OP(=O)(O)OCC2O1. The summed E-state index contributed by atoms with van der Waals surface area (Å²) in [6.45, 7) is 0.00237. The van der Waals surface area contributed by atoms with Gasteiger partial charge < -0.3 is 15.4 Å². The Morgan fingerprint density at radius 3 is 3.09 bits per heavy atom. The molecule has 0 saturated carbocycles. The molecule has 0 radical (unpaired) electrons. The summed E-state index contributed by atoms with van der Waals surface area (Å²) in [5, 5.41) is 0. The predicted octanol–water partition coefficient (Wildman–Crippen LogP) is 0.974. The van der Waals surface area contributed by atoms with Gasteiger partial charge in [0, 0.05) is 6.42 Å². The molecule has 118 valence electrons. The maximum atomic E-state index is 11.5. The quantitative estimate of drug-likeness (QED) is 0.538. The molecule has 3 N–H and O–H groups in total. The monoisotopic (exact) mass is 391 g/mol. The van der Waals surface area contributed by atoms with E-state index < -0.39 is 26.3 Å². The van der Waals surface area contributed by atoms with E-state index in [0.29, 0.717) is 22.3 Å². The van der Waals surface area contributed by atoms with E-state index in [1.807, 2.05) is 0 Å². The van der Waals surface area contributed by atoms with Crippen molar-refractivity contribution in [2.24, 2.45) is 0 Å². The van der Waals surface area contributed by atoms with Crippen molar-refractivity contribution in [1.29, 1.82) is 0 Å². The van der Waals surface area contributed by atoms with E-state index in [9.17, 15) is 9.46 Å². The minimum absolute atomic E-state index is 0.00237. The van der Waals surface area contributed by atoms with Gasteiger partial charge in [0.1, 0.15) is 24.0 Å². The first-order chi connectivity index (χ1) is 10.4. The first-order valence-electron chi connectivity index (χ1n) is 6.40. The molecule has 4 rings (SSSR count). The van der Waals surface area contributed by atoms with E-state index in [1.54, 1.807) is 10.9 Å². The lowest BCUT2D eigenvalue weighted by molar-refractivity contribution is -0.0662. The van der Waals surface area contributed by atoms with Gasteiger partial charge in [0.25, 0.3) is 0 Å². The van der Waals surface area contributed by atoms with Gasteiger partial charge in [-0.25, -0.2) is 19.5 Å². The van der Waals surface area contributed by atoms with E-state index in [1.165, 1.54) is 0 Å². The standard InChI is InChI=1S/C10H11BrN5O5P/c11-10-14-8(12)7-9(15-10)16(3-13-7)6-1-4-5(20-6)2-19-22(17,18)21-4/h3-6H,1-2H2,(H,17,18)(H2,12,14,15). The Morgan fingerprint density at radius 1 is 1.45 bits per heavy atom. The molecule has 2 aliphatic heterocycles. The smallest absolute Gasteiger partial charge is 0.382 e. The van der Waals surface area contributed by atoms with Crippen LogP contribution in [0.5, 0.6) is 0 Å². The minimum atomic E-state index is -3.98. The summed E-state index contributed by atoms with van der Waals surface area (Å²) in [5.41, 5.74) is 6.78. The highest BCUT2D eigenvalue weighted by Gasteiger charge is 2.46. The molecule has 0 spiro atoms. The van der Waals surface area contributed by atoms with Crippen LogP contribution in [0, 0.1) is 0 Å². The highest BCUT2D eigenvalue weighted by Crippen LogP contribution is 2.52. The maximum absolute atomic E-state index is 11.5. The number of ether oxygens (including phenoxy) is 1. The summed E-state index contributed by atoms with van der Waals surface area (Å²) in [5.74, 6) is 0.255.